The number of carbonyl (C=O) groups excluding carboxylic acids is 1. The molecule has 1 N–H and O–H groups in total. The molecule has 0 atom stereocenters. The zero-order chi connectivity index (χ0) is 11.8. The number of aliphatic hydroxyl groups is 1. The van der Waals surface area contributed by atoms with Crippen molar-refractivity contribution >= 4 is 5.91 Å². The van der Waals surface area contributed by atoms with Crippen LogP contribution in [0.2, 0.25) is 0 Å². The van der Waals surface area contributed by atoms with E-state index in [-0.39, 0.29) is 12.5 Å². The molecule has 1 amide bonds. The third kappa shape index (κ3) is 4.03. The third-order valence-corrected chi connectivity index (χ3v) is 2.54. The summed E-state index contributed by atoms with van der Waals surface area (Å²) in [6.45, 7) is 2.98. The molecule has 88 valence electrons. The van der Waals surface area contributed by atoms with E-state index in [4.69, 9.17) is 5.11 Å². The van der Waals surface area contributed by atoms with Crippen molar-refractivity contribution in [1.29, 1.82) is 0 Å². The van der Waals surface area contributed by atoms with Crippen LogP contribution in [-0.2, 0) is 11.2 Å². The fourth-order valence-corrected chi connectivity index (χ4v) is 1.61. The van der Waals surface area contributed by atoms with Gasteiger partial charge in [0.05, 0.1) is 6.61 Å². The van der Waals surface area contributed by atoms with Gasteiger partial charge in [0, 0.05) is 19.5 Å². The van der Waals surface area contributed by atoms with Gasteiger partial charge in [-0.1, -0.05) is 37.3 Å². The van der Waals surface area contributed by atoms with Crippen molar-refractivity contribution in [2.24, 2.45) is 0 Å². The lowest BCUT2D eigenvalue weighted by Gasteiger charge is -2.21. The Morgan fingerprint density at radius 3 is 2.50 bits per heavy atom. The number of rotatable bonds is 6. The molecule has 1 aromatic rings. The Labute approximate surface area is 96.7 Å². The lowest BCUT2D eigenvalue weighted by atomic mass is 10.1. The summed E-state index contributed by atoms with van der Waals surface area (Å²) in [5.74, 6) is 0.102. The van der Waals surface area contributed by atoms with Crippen LogP contribution in [0.4, 0.5) is 0 Å². The van der Waals surface area contributed by atoms with Crippen LogP contribution < -0.4 is 0 Å². The highest BCUT2D eigenvalue weighted by atomic mass is 16.3. The van der Waals surface area contributed by atoms with Gasteiger partial charge < -0.3 is 10.0 Å². The lowest BCUT2D eigenvalue weighted by molar-refractivity contribution is -0.131. The fraction of sp³-hybridized carbons (Fsp3) is 0.462. The standard InChI is InChI=1S/C13H19NO2/c1-2-13(16)14(10-11-15)9-8-12-6-4-3-5-7-12/h3-7,15H,2,8-11H2,1H3. The van der Waals surface area contributed by atoms with Crippen LogP contribution in [0.5, 0.6) is 0 Å². The minimum absolute atomic E-state index is 0.0283. The number of benzene rings is 1. The first-order valence-corrected chi connectivity index (χ1v) is 5.70. The van der Waals surface area contributed by atoms with Crippen LogP contribution >= 0.6 is 0 Å². The predicted molar refractivity (Wildman–Crippen MR) is 64.1 cm³/mol. The second-order valence-electron chi connectivity index (χ2n) is 3.69. The van der Waals surface area contributed by atoms with Crippen molar-refractivity contribution in [1.82, 2.24) is 4.90 Å². The van der Waals surface area contributed by atoms with Gasteiger partial charge in [0.2, 0.25) is 5.91 Å². The topological polar surface area (TPSA) is 40.5 Å². The van der Waals surface area contributed by atoms with Crippen molar-refractivity contribution in [2.45, 2.75) is 19.8 Å². The monoisotopic (exact) mass is 221 g/mol. The average molecular weight is 221 g/mol. The van der Waals surface area contributed by atoms with Crippen LogP contribution in [0, 0.1) is 0 Å². The highest BCUT2D eigenvalue weighted by Crippen LogP contribution is 2.02. The molecule has 16 heavy (non-hydrogen) atoms. The Balaban J connectivity index is 2.47. The summed E-state index contributed by atoms with van der Waals surface area (Å²) in [5.41, 5.74) is 1.22. The maximum atomic E-state index is 11.5. The zero-order valence-electron chi connectivity index (χ0n) is 9.72. The summed E-state index contributed by atoms with van der Waals surface area (Å²) in [5, 5.41) is 8.88. The minimum atomic E-state index is 0.0283. The molecule has 0 unspecified atom stereocenters. The van der Waals surface area contributed by atoms with E-state index in [2.05, 4.69) is 0 Å². The second-order valence-corrected chi connectivity index (χ2v) is 3.69. The van der Waals surface area contributed by atoms with Gasteiger partial charge in [-0.25, -0.2) is 0 Å². The van der Waals surface area contributed by atoms with Gasteiger partial charge in [-0.2, -0.15) is 0 Å². The largest absolute Gasteiger partial charge is 0.395 e. The molecule has 0 heterocycles. The first-order chi connectivity index (χ1) is 7.77. The summed E-state index contributed by atoms with van der Waals surface area (Å²) >= 11 is 0. The Morgan fingerprint density at radius 2 is 1.94 bits per heavy atom. The van der Waals surface area contributed by atoms with E-state index in [9.17, 15) is 4.79 Å². The molecule has 0 saturated carbocycles. The highest BCUT2D eigenvalue weighted by Gasteiger charge is 2.10. The van der Waals surface area contributed by atoms with Gasteiger partial charge in [-0.05, 0) is 12.0 Å². The van der Waals surface area contributed by atoms with E-state index < -0.39 is 0 Å². The molecular weight excluding hydrogens is 202 g/mol. The van der Waals surface area contributed by atoms with E-state index >= 15 is 0 Å². The molecule has 0 aliphatic heterocycles. The molecule has 0 aliphatic carbocycles. The summed E-state index contributed by atoms with van der Waals surface area (Å²) < 4.78 is 0. The van der Waals surface area contributed by atoms with Crippen LogP contribution in [0.3, 0.4) is 0 Å². The Hall–Kier alpha value is -1.35. The molecule has 0 aliphatic rings. The van der Waals surface area contributed by atoms with Crippen molar-refractivity contribution in [3.05, 3.63) is 35.9 Å². The van der Waals surface area contributed by atoms with Crippen LogP contribution in [0.15, 0.2) is 30.3 Å². The fourth-order valence-electron chi connectivity index (χ4n) is 1.61. The average Bonchev–Trinajstić information content (AvgIpc) is 2.34. The van der Waals surface area contributed by atoms with Crippen molar-refractivity contribution in [3.8, 4) is 0 Å². The predicted octanol–water partition coefficient (Wildman–Crippen LogP) is 1.46. The number of hydrogen-bond donors (Lipinski definition) is 1. The first kappa shape index (κ1) is 12.7. The maximum Gasteiger partial charge on any atom is 0.222 e. The lowest BCUT2D eigenvalue weighted by Crippen LogP contribution is -2.34. The van der Waals surface area contributed by atoms with Crippen LogP contribution in [0.25, 0.3) is 0 Å². The summed E-state index contributed by atoms with van der Waals surface area (Å²) in [4.78, 5) is 13.3. The van der Waals surface area contributed by atoms with Gasteiger partial charge in [0.15, 0.2) is 0 Å². The number of carbonyl (C=O) groups is 1. The molecule has 0 bridgehead atoms. The van der Waals surface area contributed by atoms with E-state index in [0.29, 0.717) is 19.5 Å². The molecular formula is C13H19NO2. The molecule has 1 aromatic carbocycles. The summed E-state index contributed by atoms with van der Waals surface area (Å²) in [6.07, 6.45) is 1.33. The Morgan fingerprint density at radius 1 is 1.25 bits per heavy atom. The molecule has 3 nitrogen and oxygen atoms in total. The van der Waals surface area contributed by atoms with Gasteiger partial charge >= 0.3 is 0 Å². The molecule has 0 fully saturated rings. The SMILES string of the molecule is CCC(=O)N(CCO)CCc1ccccc1. The van der Waals surface area contributed by atoms with Gasteiger partial charge in [-0.3, -0.25) is 4.79 Å². The first-order valence-electron chi connectivity index (χ1n) is 5.70. The molecule has 0 spiro atoms. The van der Waals surface area contributed by atoms with Gasteiger partial charge in [0.25, 0.3) is 0 Å². The number of nitrogens with zero attached hydrogens (tertiary/aromatic N) is 1. The number of amides is 1. The van der Waals surface area contributed by atoms with Crippen molar-refractivity contribution in [2.75, 3.05) is 19.7 Å². The Bertz CT molecular complexity index is 311. The second kappa shape index (κ2) is 7.01. The highest BCUT2D eigenvalue weighted by molar-refractivity contribution is 5.75. The third-order valence-electron chi connectivity index (χ3n) is 2.54. The minimum Gasteiger partial charge on any atom is -0.395 e. The van der Waals surface area contributed by atoms with E-state index in [0.717, 1.165) is 6.42 Å². The maximum absolute atomic E-state index is 11.5. The normalized spacial score (nSPS) is 10.1. The van der Waals surface area contributed by atoms with E-state index in [1.54, 1.807) is 4.90 Å². The molecule has 3 heteroatoms. The summed E-state index contributed by atoms with van der Waals surface area (Å²) in [7, 11) is 0. The van der Waals surface area contributed by atoms with Crippen LogP contribution in [0.1, 0.15) is 18.9 Å². The van der Waals surface area contributed by atoms with Gasteiger partial charge in [-0.15, -0.1) is 0 Å². The zero-order valence-corrected chi connectivity index (χ0v) is 9.72. The molecule has 0 radical (unpaired) electrons. The molecule has 0 saturated heterocycles. The van der Waals surface area contributed by atoms with E-state index in [1.807, 2.05) is 37.3 Å². The quantitative estimate of drug-likeness (QED) is 0.790. The van der Waals surface area contributed by atoms with Crippen LogP contribution in [-0.4, -0.2) is 35.6 Å². The van der Waals surface area contributed by atoms with Crippen molar-refractivity contribution in [3.63, 3.8) is 0 Å². The number of hydrogen-bond acceptors (Lipinski definition) is 2. The van der Waals surface area contributed by atoms with Gasteiger partial charge in [0.1, 0.15) is 0 Å². The van der Waals surface area contributed by atoms with E-state index in [1.165, 1.54) is 5.56 Å². The number of aliphatic hydroxyl groups excluding tert-OH is 1. The Kier molecular flexibility index (Phi) is 5.57. The molecule has 0 aromatic heterocycles. The van der Waals surface area contributed by atoms with Crippen molar-refractivity contribution < 1.29 is 9.90 Å². The summed E-state index contributed by atoms with van der Waals surface area (Å²) in [6, 6.07) is 10.1. The smallest absolute Gasteiger partial charge is 0.222 e. The molecule has 1 rings (SSSR count).